The second kappa shape index (κ2) is 11.9. The Bertz CT molecular complexity index is 815. The first-order valence-corrected chi connectivity index (χ1v) is 11.3. The highest BCUT2D eigenvalue weighted by Crippen LogP contribution is 2.24. The Morgan fingerprint density at radius 2 is 2.00 bits per heavy atom. The van der Waals surface area contributed by atoms with Crippen LogP contribution in [0.4, 0.5) is 4.39 Å². The van der Waals surface area contributed by atoms with Gasteiger partial charge >= 0.3 is 0 Å². The molecular weight excluding hydrogens is 393 g/mol. The van der Waals surface area contributed by atoms with E-state index in [1.54, 1.807) is 12.3 Å². The Balaban J connectivity index is 1.67. The summed E-state index contributed by atoms with van der Waals surface area (Å²) in [5.74, 6) is 1.57. The number of rotatable bonds is 9. The zero-order chi connectivity index (χ0) is 22.1. The summed E-state index contributed by atoms with van der Waals surface area (Å²) < 4.78 is 19.8. The van der Waals surface area contributed by atoms with Gasteiger partial charge in [-0.1, -0.05) is 12.5 Å². The van der Waals surface area contributed by atoms with Gasteiger partial charge in [-0.3, -0.25) is 4.90 Å². The lowest BCUT2D eigenvalue weighted by molar-refractivity contribution is 0.146. The van der Waals surface area contributed by atoms with Crippen molar-refractivity contribution in [2.24, 2.45) is 4.99 Å². The minimum absolute atomic E-state index is 0.172. The van der Waals surface area contributed by atoms with Crippen molar-refractivity contribution in [2.75, 3.05) is 40.3 Å². The molecule has 0 spiro atoms. The molecule has 6 nitrogen and oxygen atoms in total. The van der Waals surface area contributed by atoms with Gasteiger partial charge in [0, 0.05) is 25.2 Å². The molecule has 0 amide bonds. The van der Waals surface area contributed by atoms with Crippen LogP contribution in [0.2, 0.25) is 0 Å². The van der Waals surface area contributed by atoms with Gasteiger partial charge in [-0.25, -0.2) is 9.38 Å². The molecule has 170 valence electrons. The quantitative estimate of drug-likeness (QED) is 0.470. The van der Waals surface area contributed by atoms with Crippen LogP contribution >= 0.6 is 0 Å². The molecule has 2 N–H and O–H groups in total. The highest BCUT2D eigenvalue weighted by atomic mass is 19.1. The molecule has 31 heavy (non-hydrogen) atoms. The first-order chi connectivity index (χ1) is 15.1. The van der Waals surface area contributed by atoms with E-state index in [0.717, 1.165) is 36.9 Å². The van der Waals surface area contributed by atoms with Crippen molar-refractivity contribution in [3.05, 3.63) is 59.3 Å². The van der Waals surface area contributed by atoms with E-state index in [0.29, 0.717) is 25.2 Å². The van der Waals surface area contributed by atoms with E-state index < -0.39 is 0 Å². The number of furan rings is 1. The smallest absolute Gasteiger partial charge is 0.191 e. The van der Waals surface area contributed by atoms with Crippen LogP contribution in [-0.2, 0) is 13.1 Å². The average molecular weight is 430 g/mol. The van der Waals surface area contributed by atoms with Crippen LogP contribution in [0.5, 0.6) is 0 Å². The van der Waals surface area contributed by atoms with Crippen molar-refractivity contribution in [3.63, 3.8) is 0 Å². The standard InChI is InChI=1S/C24H36FN5O/c1-4-26-24(27-16-19-10-11-21(25)20(15-19)18-29(2)3)28-17-22(23-9-8-14-31-23)30-12-6-5-7-13-30/h8-11,14-15,22H,4-7,12-13,16-18H2,1-3H3,(H2,26,27,28). The number of aliphatic imine (C=N–C) groups is 1. The molecular formula is C24H36FN5O. The van der Waals surface area contributed by atoms with Gasteiger partial charge in [0.05, 0.1) is 18.8 Å². The van der Waals surface area contributed by atoms with Crippen LogP contribution in [0.15, 0.2) is 46.0 Å². The highest BCUT2D eigenvalue weighted by molar-refractivity contribution is 5.79. The fourth-order valence-corrected chi connectivity index (χ4v) is 4.01. The Hall–Kier alpha value is -2.38. The van der Waals surface area contributed by atoms with Gasteiger partial charge in [-0.05, 0) is 76.8 Å². The second-order valence-electron chi connectivity index (χ2n) is 8.37. The lowest BCUT2D eigenvalue weighted by Crippen LogP contribution is -2.44. The minimum Gasteiger partial charge on any atom is -0.468 e. The fraction of sp³-hybridized carbons (Fsp3) is 0.542. The summed E-state index contributed by atoms with van der Waals surface area (Å²) in [6.07, 6.45) is 5.49. The van der Waals surface area contributed by atoms with E-state index in [9.17, 15) is 4.39 Å². The van der Waals surface area contributed by atoms with Crippen LogP contribution in [0, 0.1) is 5.82 Å². The fourth-order valence-electron chi connectivity index (χ4n) is 4.01. The molecule has 0 bridgehead atoms. The molecule has 0 saturated carbocycles. The third kappa shape index (κ3) is 7.08. The zero-order valence-electron chi connectivity index (χ0n) is 19.0. The number of guanidine groups is 1. The Labute approximate surface area is 185 Å². The molecule has 0 radical (unpaired) electrons. The molecule has 2 heterocycles. The van der Waals surface area contributed by atoms with Crippen molar-refractivity contribution in [2.45, 2.75) is 45.3 Å². The number of hydrogen-bond donors (Lipinski definition) is 2. The summed E-state index contributed by atoms with van der Waals surface area (Å²) in [7, 11) is 3.88. The van der Waals surface area contributed by atoms with Gasteiger partial charge in [-0.15, -0.1) is 0 Å². The summed E-state index contributed by atoms with van der Waals surface area (Å²) in [4.78, 5) is 9.20. The number of likely N-dealkylation sites (tertiary alicyclic amines) is 1. The van der Waals surface area contributed by atoms with Crippen LogP contribution in [0.25, 0.3) is 0 Å². The predicted octanol–water partition coefficient (Wildman–Crippen LogP) is 3.76. The van der Waals surface area contributed by atoms with Gasteiger partial charge in [-0.2, -0.15) is 0 Å². The molecule has 1 aliphatic heterocycles. The Kier molecular flexibility index (Phi) is 8.91. The summed E-state index contributed by atoms with van der Waals surface area (Å²) in [6, 6.07) is 9.42. The van der Waals surface area contributed by atoms with E-state index >= 15 is 0 Å². The zero-order valence-corrected chi connectivity index (χ0v) is 19.0. The van der Waals surface area contributed by atoms with E-state index in [2.05, 4.69) is 28.5 Å². The van der Waals surface area contributed by atoms with Gasteiger partial charge in [0.25, 0.3) is 0 Å². The number of halogens is 1. The molecule has 1 unspecified atom stereocenters. The van der Waals surface area contributed by atoms with E-state index in [4.69, 9.17) is 9.41 Å². The van der Waals surface area contributed by atoms with Crippen LogP contribution in [-0.4, -0.2) is 56.0 Å². The van der Waals surface area contributed by atoms with Gasteiger partial charge in [0.1, 0.15) is 11.6 Å². The number of nitrogens with one attached hydrogen (secondary N) is 2. The lowest BCUT2D eigenvalue weighted by atomic mass is 10.1. The first kappa shape index (κ1) is 23.3. The Morgan fingerprint density at radius 1 is 1.19 bits per heavy atom. The van der Waals surface area contributed by atoms with Crippen LogP contribution in [0.1, 0.15) is 49.1 Å². The summed E-state index contributed by atoms with van der Waals surface area (Å²) >= 11 is 0. The molecule has 1 fully saturated rings. The number of hydrogen-bond acceptors (Lipinski definition) is 4. The Morgan fingerprint density at radius 3 is 2.68 bits per heavy atom. The predicted molar refractivity (Wildman–Crippen MR) is 123 cm³/mol. The lowest BCUT2D eigenvalue weighted by Gasteiger charge is -2.33. The molecule has 1 aliphatic rings. The number of benzene rings is 1. The minimum atomic E-state index is -0.172. The van der Waals surface area contributed by atoms with Crippen molar-refractivity contribution < 1.29 is 8.81 Å². The average Bonchev–Trinajstić information content (AvgIpc) is 3.29. The van der Waals surface area contributed by atoms with E-state index in [-0.39, 0.29) is 11.9 Å². The molecule has 0 aliphatic carbocycles. The SMILES string of the molecule is CCNC(=NCc1ccc(F)c(CN(C)C)c1)NCC(c1ccco1)N1CCCCC1. The molecule has 2 aromatic rings. The first-order valence-electron chi connectivity index (χ1n) is 11.3. The maximum Gasteiger partial charge on any atom is 0.191 e. The third-order valence-corrected chi connectivity index (χ3v) is 5.53. The van der Waals surface area contributed by atoms with Crippen LogP contribution in [0.3, 0.4) is 0 Å². The normalized spacial score (nSPS) is 16.5. The molecule has 1 atom stereocenters. The van der Waals surface area contributed by atoms with Gasteiger partial charge < -0.3 is 20.0 Å². The van der Waals surface area contributed by atoms with E-state index in [1.807, 2.05) is 31.1 Å². The topological polar surface area (TPSA) is 56.0 Å². The molecule has 1 saturated heterocycles. The summed E-state index contributed by atoms with van der Waals surface area (Å²) in [5, 5.41) is 6.81. The van der Waals surface area contributed by atoms with Crippen molar-refractivity contribution in [3.8, 4) is 0 Å². The monoisotopic (exact) mass is 429 g/mol. The van der Waals surface area contributed by atoms with Crippen molar-refractivity contribution in [1.29, 1.82) is 0 Å². The highest BCUT2D eigenvalue weighted by Gasteiger charge is 2.24. The summed E-state index contributed by atoms with van der Waals surface area (Å²) in [6.45, 7) is 6.79. The number of piperidine rings is 1. The maximum absolute atomic E-state index is 14.1. The van der Waals surface area contributed by atoms with Crippen molar-refractivity contribution in [1.82, 2.24) is 20.4 Å². The molecule has 3 rings (SSSR count). The van der Waals surface area contributed by atoms with E-state index in [1.165, 1.54) is 25.3 Å². The third-order valence-electron chi connectivity index (χ3n) is 5.53. The van der Waals surface area contributed by atoms with Gasteiger partial charge in [0.15, 0.2) is 5.96 Å². The summed E-state index contributed by atoms with van der Waals surface area (Å²) in [5.41, 5.74) is 1.69. The maximum atomic E-state index is 14.1. The molecule has 7 heteroatoms. The second-order valence-corrected chi connectivity index (χ2v) is 8.37. The van der Waals surface area contributed by atoms with Gasteiger partial charge in [0.2, 0.25) is 0 Å². The van der Waals surface area contributed by atoms with Crippen LogP contribution < -0.4 is 10.6 Å². The molecule has 1 aromatic carbocycles. The number of nitrogens with zero attached hydrogens (tertiary/aromatic N) is 3. The van der Waals surface area contributed by atoms with Crippen molar-refractivity contribution >= 4 is 5.96 Å². The molecule has 1 aromatic heterocycles. The largest absolute Gasteiger partial charge is 0.468 e.